The van der Waals surface area contributed by atoms with Gasteiger partial charge >= 0.3 is 12.4 Å². The van der Waals surface area contributed by atoms with Crippen LogP contribution in [0.1, 0.15) is 24.0 Å². The maximum absolute atomic E-state index is 13.3. The van der Waals surface area contributed by atoms with E-state index in [4.69, 9.17) is 0 Å². The van der Waals surface area contributed by atoms with Crippen molar-refractivity contribution < 1.29 is 27.5 Å². The number of halogens is 3. The fraction of sp³-hybridized carbons (Fsp3) is 0.333. The van der Waals surface area contributed by atoms with Gasteiger partial charge in [0.05, 0.1) is 12.2 Å². The molecule has 5 rings (SSSR count). The largest absolute Gasteiger partial charge is 0.573 e. The molecule has 0 atom stereocenters. The molecule has 3 heterocycles. The number of rotatable bonds is 5. The van der Waals surface area contributed by atoms with Gasteiger partial charge < -0.3 is 15.0 Å². The van der Waals surface area contributed by atoms with Gasteiger partial charge in [-0.15, -0.1) is 13.2 Å². The first-order chi connectivity index (χ1) is 15.3. The molecule has 0 unspecified atom stereocenters. The monoisotopic (exact) mass is 445 g/mol. The van der Waals surface area contributed by atoms with Crippen LogP contribution in [-0.2, 0) is 11.3 Å². The maximum atomic E-state index is 13.3. The van der Waals surface area contributed by atoms with Gasteiger partial charge in [0.15, 0.2) is 0 Å². The van der Waals surface area contributed by atoms with E-state index in [2.05, 4.69) is 20.0 Å². The zero-order valence-corrected chi connectivity index (χ0v) is 16.7. The normalized spacial score (nSPS) is 19.4. The van der Waals surface area contributed by atoms with Gasteiger partial charge in [-0.05, 0) is 48.7 Å². The summed E-state index contributed by atoms with van der Waals surface area (Å²) in [7, 11) is 0. The average Bonchev–Trinajstić information content (AvgIpc) is 3.31. The summed E-state index contributed by atoms with van der Waals surface area (Å²) in [4.78, 5) is 37.6. The summed E-state index contributed by atoms with van der Waals surface area (Å²) in [6.07, 6.45) is -0.471. The van der Waals surface area contributed by atoms with E-state index in [0.29, 0.717) is 25.2 Å². The van der Waals surface area contributed by atoms with Crippen molar-refractivity contribution >= 4 is 23.5 Å². The number of amidine groups is 1. The van der Waals surface area contributed by atoms with Gasteiger partial charge in [-0.2, -0.15) is 0 Å². The third kappa shape index (κ3) is 3.43. The SMILES string of the molecule is O=C1N(c2ccc(OC(F)(F)F)cc2)C(=O)C2(CC2)N1Cc1ccncc1C1=NCCN1. The summed E-state index contributed by atoms with van der Waals surface area (Å²) in [5, 5.41) is 3.19. The van der Waals surface area contributed by atoms with E-state index in [1.54, 1.807) is 18.5 Å². The highest BCUT2D eigenvalue weighted by atomic mass is 19.4. The Balaban J connectivity index is 1.42. The lowest BCUT2D eigenvalue weighted by Gasteiger charge is -2.22. The summed E-state index contributed by atoms with van der Waals surface area (Å²) >= 11 is 0. The summed E-state index contributed by atoms with van der Waals surface area (Å²) in [6, 6.07) is 5.97. The number of hydrogen-bond acceptors (Lipinski definition) is 6. The molecule has 32 heavy (non-hydrogen) atoms. The van der Waals surface area contributed by atoms with Crippen LogP contribution in [0.4, 0.5) is 23.7 Å². The molecule has 11 heteroatoms. The molecule has 1 aromatic heterocycles. The summed E-state index contributed by atoms with van der Waals surface area (Å²) < 4.78 is 41.1. The number of urea groups is 1. The third-order valence-corrected chi connectivity index (χ3v) is 5.76. The Hall–Kier alpha value is -3.63. The molecule has 2 aliphatic heterocycles. The molecule has 1 aromatic carbocycles. The minimum absolute atomic E-state index is 0.189. The second kappa shape index (κ2) is 7.21. The standard InChI is InChI=1S/C21H18F3N5O3/c22-21(23,24)32-15-3-1-14(2-4-15)29-18(30)20(6-7-20)28(19(29)31)12-13-5-8-25-11-16(13)17-26-9-10-27-17/h1-5,8,11H,6-7,9-10,12H2,(H,26,27). The van der Waals surface area contributed by atoms with E-state index < -0.39 is 23.7 Å². The number of alkyl halides is 3. The molecule has 2 fully saturated rings. The van der Waals surface area contributed by atoms with Crippen LogP contribution >= 0.6 is 0 Å². The van der Waals surface area contributed by atoms with Crippen molar-refractivity contribution in [3.8, 4) is 5.75 Å². The highest BCUT2D eigenvalue weighted by Crippen LogP contribution is 2.50. The number of imide groups is 1. The van der Waals surface area contributed by atoms with E-state index in [-0.39, 0.29) is 18.1 Å². The number of carbonyl (C=O) groups is 2. The number of aromatic nitrogens is 1. The van der Waals surface area contributed by atoms with Crippen molar-refractivity contribution in [1.82, 2.24) is 15.2 Å². The first-order valence-corrected chi connectivity index (χ1v) is 10.0. The van der Waals surface area contributed by atoms with Gasteiger partial charge in [-0.3, -0.25) is 14.8 Å². The van der Waals surface area contributed by atoms with Crippen molar-refractivity contribution in [3.63, 3.8) is 0 Å². The molecule has 3 amide bonds. The molecular formula is C21H18F3N5O3. The summed E-state index contributed by atoms with van der Waals surface area (Å²) in [6.45, 7) is 1.56. The first kappa shape index (κ1) is 20.3. The van der Waals surface area contributed by atoms with Crippen molar-refractivity contribution in [2.45, 2.75) is 31.3 Å². The van der Waals surface area contributed by atoms with Gasteiger partial charge in [0.2, 0.25) is 0 Å². The molecular weight excluding hydrogens is 427 g/mol. The van der Waals surface area contributed by atoms with Crippen LogP contribution in [0.25, 0.3) is 0 Å². The lowest BCUT2D eigenvalue weighted by atomic mass is 10.1. The molecule has 1 spiro atoms. The number of aliphatic imine (C=N–C) groups is 1. The molecule has 3 aliphatic rings. The smallest absolute Gasteiger partial charge is 0.406 e. The van der Waals surface area contributed by atoms with E-state index in [9.17, 15) is 22.8 Å². The molecule has 1 saturated heterocycles. The van der Waals surface area contributed by atoms with Crippen molar-refractivity contribution in [3.05, 3.63) is 53.9 Å². The van der Waals surface area contributed by atoms with Crippen LogP contribution in [-0.4, -0.2) is 52.6 Å². The van der Waals surface area contributed by atoms with E-state index in [0.717, 1.165) is 34.7 Å². The van der Waals surface area contributed by atoms with Crippen molar-refractivity contribution in [1.29, 1.82) is 0 Å². The lowest BCUT2D eigenvalue weighted by Crippen LogP contribution is -2.37. The van der Waals surface area contributed by atoms with Gasteiger partial charge in [0.25, 0.3) is 5.91 Å². The molecule has 0 radical (unpaired) electrons. The van der Waals surface area contributed by atoms with E-state index >= 15 is 0 Å². The highest BCUT2D eigenvalue weighted by molar-refractivity contribution is 6.24. The number of carbonyl (C=O) groups excluding carboxylic acids is 2. The number of nitrogens with one attached hydrogen (secondary N) is 1. The number of amides is 3. The van der Waals surface area contributed by atoms with Gasteiger partial charge in [0.1, 0.15) is 17.1 Å². The molecule has 166 valence electrons. The Bertz CT molecular complexity index is 1110. The first-order valence-electron chi connectivity index (χ1n) is 10.0. The number of hydrogen-bond donors (Lipinski definition) is 1. The summed E-state index contributed by atoms with van der Waals surface area (Å²) in [5.74, 6) is -0.100. The predicted molar refractivity (Wildman–Crippen MR) is 107 cm³/mol. The van der Waals surface area contributed by atoms with Gasteiger partial charge in [0, 0.05) is 31.0 Å². The van der Waals surface area contributed by atoms with Crippen molar-refractivity contribution in [2.75, 3.05) is 18.0 Å². The Kier molecular flexibility index (Phi) is 4.57. The third-order valence-electron chi connectivity index (χ3n) is 5.76. The molecule has 1 saturated carbocycles. The topological polar surface area (TPSA) is 87.1 Å². The molecule has 1 N–H and O–H groups in total. The Labute approximate surface area is 180 Å². The number of pyridine rings is 1. The lowest BCUT2D eigenvalue weighted by molar-refractivity contribution is -0.274. The maximum Gasteiger partial charge on any atom is 0.573 e. The molecule has 0 bridgehead atoms. The van der Waals surface area contributed by atoms with Crippen LogP contribution in [0.5, 0.6) is 5.75 Å². The van der Waals surface area contributed by atoms with Crippen LogP contribution in [0.3, 0.4) is 0 Å². The van der Waals surface area contributed by atoms with Crippen LogP contribution < -0.4 is 15.0 Å². The number of ether oxygens (including phenoxy) is 1. The number of anilines is 1. The Morgan fingerprint density at radius 1 is 1.12 bits per heavy atom. The van der Waals surface area contributed by atoms with E-state index in [1.807, 2.05) is 0 Å². The highest BCUT2D eigenvalue weighted by Gasteiger charge is 2.65. The zero-order chi connectivity index (χ0) is 22.5. The average molecular weight is 445 g/mol. The number of benzene rings is 1. The minimum atomic E-state index is -4.82. The second-order valence-electron chi connectivity index (χ2n) is 7.77. The fourth-order valence-electron chi connectivity index (χ4n) is 4.08. The van der Waals surface area contributed by atoms with Crippen LogP contribution in [0.15, 0.2) is 47.7 Å². The second-order valence-corrected chi connectivity index (χ2v) is 7.77. The minimum Gasteiger partial charge on any atom is -0.406 e. The Morgan fingerprint density at radius 2 is 1.88 bits per heavy atom. The quantitative estimate of drug-likeness (QED) is 0.716. The van der Waals surface area contributed by atoms with Crippen molar-refractivity contribution in [2.24, 2.45) is 4.99 Å². The van der Waals surface area contributed by atoms with E-state index in [1.165, 1.54) is 17.0 Å². The van der Waals surface area contributed by atoms with Crippen LogP contribution in [0, 0.1) is 0 Å². The van der Waals surface area contributed by atoms with Gasteiger partial charge in [-0.1, -0.05) is 0 Å². The fourth-order valence-corrected chi connectivity index (χ4v) is 4.08. The number of nitrogens with zero attached hydrogens (tertiary/aromatic N) is 4. The zero-order valence-electron chi connectivity index (χ0n) is 16.7. The molecule has 8 nitrogen and oxygen atoms in total. The predicted octanol–water partition coefficient (Wildman–Crippen LogP) is 2.83. The molecule has 1 aliphatic carbocycles. The molecule has 2 aromatic rings. The van der Waals surface area contributed by atoms with Crippen LogP contribution in [0.2, 0.25) is 0 Å². The summed E-state index contributed by atoms with van der Waals surface area (Å²) in [5.41, 5.74) is 0.841. The Morgan fingerprint density at radius 3 is 2.50 bits per heavy atom. The van der Waals surface area contributed by atoms with Gasteiger partial charge in [-0.25, -0.2) is 9.69 Å².